The number of hydrogen-bond donors (Lipinski definition) is 1. The number of hydrogen-bond acceptors (Lipinski definition) is 6. The Hall–Kier alpha value is -2.22. The number of aromatic nitrogens is 2. The largest absolute Gasteiger partial charge is 0.462 e. The van der Waals surface area contributed by atoms with Crippen molar-refractivity contribution in [3.8, 4) is 0 Å². The van der Waals surface area contributed by atoms with E-state index in [1.54, 1.807) is 13.8 Å². The molecule has 0 aliphatic carbocycles. The average molecular weight is 408 g/mol. The summed E-state index contributed by atoms with van der Waals surface area (Å²) in [7, 11) is 0. The van der Waals surface area contributed by atoms with Gasteiger partial charge in [0.05, 0.1) is 18.3 Å². The van der Waals surface area contributed by atoms with Crippen molar-refractivity contribution in [3.05, 3.63) is 27.1 Å². The zero-order valence-electron chi connectivity index (χ0n) is 17.2. The molecule has 0 aliphatic heterocycles. The van der Waals surface area contributed by atoms with Crippen molar-refractivity contribution >= 4 is 33.4 Å². The van der Waals surface area contributed by atoms with Gasteiger partial charge in [0.15, 0.2) is 0 Å². The maximum absolute atomic E-state index is 12.8. The van der Waals surface area contributed by atoms with Crippen LogP contribution >= 0.6 is 11.3 Å². The summed E-state index contributed by atoms with van der Waals surface area (Å²) in [5, 5.41) is 3.30. The normalized spacial score (nSPS) is 12.4. The number of amides is 1. The Balaban J connectivity index is 2.12. The first-order valence-corrected chi connectivity index (χ1v) is 10.5. The lowest BCUT2D eigenvalue weighted by atomic mass is 10.0. The van der Waals surface area contributed by atoms with Crippen LogP contribution < -0.4 is 10.9 Å². The second-order valence-electron chi connectivity index (χ2n) is 7.43. The standard InChI is InChI=1S/C20H29N3O4S/c1-6-27-20(26)17-14(5)16-18(28-17)21-11-23(19(16)25)10-15(24)22-13(4)9-7-8-12(2)3/h11-13H,6-10H2,1-5H3,(H,22,24)/t13-/m1/s1. The van der Waals surface area contributed by atoms with E-state index in [1.807, 2.05) is 6.92 Å². The van der Waals surface area contributed by atoms with Gasteiger partial charge in [-0.25, -0.2) is 9.78 Å². The van der Waals surface area contributed by atoms with Crippen molar-refractivity contribution in [1.82, 2.24) is 14.9 Å². The van der Waals surface area contributed by atoms with E-state index in [0.29, 0.717) is 26.6 Å². The lowest BCUT2D eigenvalue weighted by Gasteiger charge is -2.15. The Labute approximate surface area is 169 Å². The highest BCUT2D eigenvalue weighted by Crippen LogP contribution is 2.27. The monoisotopic (exact) mass is 407 g/mol. The molecule has 1 N–H and O–H groups in total. The Morgan fingerprint density at radius 2 is 2.00 bits per heavy atom. The first kappa shape index (κ1) is 22.1. The molecular formula is C20H29N3O4S. The summed E-state index contributed by atoms with van der Waals surface area (Å²) < 4.78 is 6.32. The molecule has 0 bridgehead atoms. The van der Waals surface area contributed by atoms with Gasteiger partial charge >= 0.3 is 5.97 Å². The minimum absolute atomic E-state index is 0.0527. The van der Waals surface area contributed by atoms with Crippen LogP contribution in [-0.2, 0) is 16.1 Å². The predicted octanol–water partition coefficient (Wildman–Crippen LogP) is 3.27. The molecule has 0 fully saturated rings. The number of rotatable bonds is 9. The van der Waals surface area contributed by atoms with Crippen LogP contribution in [0.5, 0.6) is 0 Å². The van der Waals surface area contributed by atoms with Crippen LogP contribution in [0, 0.1) is 12.8 Å². The van der Waals surface area contributed by atoms with Gasteiger partial charge in [0.2, 0.25) is 5.91 Å². The summed E-state index contributed by atoms with van der Waals surface area (Å²) in [5.41, 5.74) is 0.227. The van der Waals surface area contributed by atoms with Crippen molar-refractivity contribution in [3.63, 3.8) is 0 Å². The second-order valence-corrected chi connectivity index (χ2v) is 8.43. The SMILES string of the molecule is CCOC(=O)c1sc2ncn(CC(=O)N[C@H](C)CCCC(C)C)c(=O)c2c1C. The molecule has 0 saturated heterocycles. The van der Waals surface area contributed by atoms with Crippen LogP contribution in [0.3, 0.4) is 0 Å². The van der Waals surface area contributed by atoms with Crippen LogP contribution in [0.2, 0.25) is 0 Å². The molecule has 0 aromatic carbocycles. The highest BCUT2D eigenvalue weighted by atomic mass is 32.1. The van der Waals surface area contributed by atoms with Gasteiger partial charge < -0.3 is 10.1 Å². The molecule has 0 aliphatic rings. The van der Waals surface area contributed by atoms with E-state index in [-0.39, 0.29) is 30.7 Å². The molecule has 2 aromatic rings. The van der Waals surface area contributed by atoms with Crippen molar-refractivity contribution < 1.29 is 14.3 Å². The highest BCUT2D eigenvalue weighted by Gasteiger charge is 2.21. The summed E-state index contributed by atoms with van der Waals surface area (Å²) in [4.78, 5) is 42.3. The zero-order valence-corrected chi connectivity index (χ0v) is 18.0. The molecule has 0 spiro atoms. The van der Waals surface area contributed by atoms with E-state index in [1.165, 1.54) is 10.9 Å². The lowest BCUT2D eigenvalue weighted by Crippen LogP contribution is -2.37. The lowest BCUT2D eigenvalue weighted by molar-refractivity contribution is -0.122. The molecular weight excluding hydrogens is 378 g/mol. The molecule has 2 aromatic heterocycles. The van der Waals surface area contributed by atoms with E-state index in [9.17, 15) is 14.4 Å². The fourth-order valence-corrected chi connectivity index (χ4v) is 4.08. The predicted molar refractivity (Wildman–Crippen MR) is 111 cm³/mol. The van der Waals surface area contributed by atoms with E-state index in [4.69, 9.17) is 4.74 Å². The number of nitrogens with one attached hydrogen (secondary N) is 1. The smallest absolute Gasteiger partial charge is 0.348 e. The molecule has 8 heteroatoms. The van der Waals surface area contributed by atoms with Gasteiger partial charge in [-0.2, -0.15) is 0 Å². The number of aryl methyl sites for hydroxylation is 1. The molecule has 7 nitrogen and oxygen atoms in total. The van der Waals surface area contributed by atoms with Gasteiger partial charge in [-0.3, -0.25) is 14.2 Å². The summed E-state index contributed by atoms with van der Waals surface area (Å²) in [5.74, 6) is -0.0339. The third-order valence-electron chi connectivity index (χ3n) is 4.52. The van der Waals surface area contributed by atoms with Crippen LogP contribution in [-0.4, -0.2) is 34.1 Å². The van der Waals surface area contributed by atoms with E-state index < -0.39 is 5.97 Å². The number of thiophene rings is 1. The number of carbonyl (C=O) groups excluding carboxylic acids is 2. The summed E-state index contributed by atoms with van der Waals surface area (Å²) in [6, 6.07) is 0.0527. The van der Waals surface area contributed by atoms with Gasteiger partial charge in [-0.1, -0.05) is 26.7 Å². The Bertz CT molecular complexity index is 901. The quantitative estimate of drug-likeness (QED) is 0.644. The fraction of sp³-hybridized carbons (Fsp3) is 0.600. The van der Waals surface area contributed by atoms with Crippen molar-refractivity contribution in [2.75, 3.05) is 6.61 Å². The van der Waals surface area contributed by atoms with Crippen LogP contribution in [0.25, 0.3) is 10.2 Å². The molecule has 0 unspecified atom stereocenters. The third-order valence-corrected chi connectivity index (χ3v) is 5.70. The number of esters is 1. The van der Waals surface area contributed by atoms with Gasteiger partial charge in [0, 0.05) is 6.04 Å². The highest BCUT2D eigenvalue weighted by molar-refractivity contribution is 7.20. The fourth-order valence-electron chi connectivity index (χ4n) is 3.04. The second kappa shape index (κ2) is 9.82. The van der Waals surface area contributed by atoms with Crippen molar-refractivity contribution in [2.24, 2.45) is 5.92 Å². The molecule has 2 rings (SSSR count). The first-order valence-electron chi connectivity index (χ1n) is 9.69. The minimum Gasteiger partial charge on any atom is -0.462 e. The first-order chi connectivity index (χ1) is 13.2. The van der Waals surface area contributed by atoms with E-state index in [2.05, 4.69) is 24.1 Å². The molecule has 2 heterocycles. The van der Waals surface area contributed by atoms with Crippen LogP contribution in [0.15, 0.2) is 11.1 Å². The van der Waals surface area contributed by atoms with Gasteiger partial charge in [0.25, 0.3) is 5.56 Å². The molecule has 0 radical (unpaired) electrons. The topological polar surface area (TPSA) is 90.3 Å². The average Bonchev–Trinajstić information content (AvgIpc) is 2.94. The number of nitrogens with zero attached hydrogens (tertiary/aromatic N) is 2. The van der Waals surface area contributed by atoms with Gasteiger partial charge in [0.1, 0.15) is 16.3 Å². The molecule has 154 valence electrons. The summed E-state index contributed by atoms with van der Waals surface area (Å²) in [6.45, 7) is 9.93. The molecule has 1 atom stereocenters. The van der Waals surface area contributed by atoms with Gasteiger partial charge in [-0.15, -0.1) is 11.3 Å². The maximum Gasteiger partial charge on any atom is 0.348 e. The number of ether oxygens (including phenoxy) is 1. The third kappa shape index (κ3) is 5.41. The van der Waals surface area contributed by atoms with Crippen molar-refractivity contribution in [1.29, 1.82) is 0 Å². The number of fused-ring (bicyclic) bond motifs is 1. The molecule has 1 amide bonds. The van der Waals surface area contributed by atoms with E-state index in [0.717, 1.165) is 30.6 Å². The van der Waals surface area contributed by atoms with Crippen LogP contribution in [0.4, 0.5) is 0 Å². The zero-order chi connectivity index (χ0) is 20.8. The van der Waals surface area contributed by atoms with E-state index >= 15 is 0 Å². The minimum atomic E-state index is -0.457. The molecule has 28 heavy (non-hydrogen) atoms. The Kier molecular flexibility index (Phi) is 7.74. The summed E-state index contributed by atoms with van der Waals surface area (Å²) in [6.07, 6.45) is 4.44. The summed E-state index contributed by atoms with van der Waals surface area (Å²) >= 11 is 1.14. The Morgan fingerprint density at radius 3 is 2.64 bits per heavy atom. The van der Waals surface area contributed by atoms with Crippen molar-refractivity contribution in [2.45, 2.75) is 66.5 Å². The Morgan fingerprint density at radius 1 is 1.29 bits per heavy atom. The number of carbonyl (C=O) groups is 2. The van der Waals surface area contributed by atoms with Gasteiger partial charge in [-0.05, 0) is 38.7 Å². The maximum atomic E-state index is 12.8. The molecule has 0 saturated carbocycles. The van der Waals surface area contributed by atoms with Crippen LogP contribution in [0.1, 0.15) is 62.2 Å².